The third-order valence-electron chi connectivity index (χ3n) is 3.67. The van der Waals surface area contributed by atoms with E-state index in [-0.39, 0.29) is 21.4 Å². The second-order valence-electron chi connectivity index (χ2n) is 5.73. The lowest BCUT2D eigenvalue weighted by molar-refractivity contribution is -0.120. The predicted molar refractivity (Wildman–Crippen MR) is 101 cm³/mol. The largest absolute Gasteiger partial charge is 0.350 e. The SMILES string of the molecule is Cc1cc(C)cc(NC2=C(Cl)C(=O)N(c3cc(Cl)ccc3Cl)C2=O)c1. The van der Waals surface area contributed by atoms with Gasteiger partial charge in [0.1, 0.15) is 10.7 Å². The third kappa shape index (κ3) is 3.38. The Morgan fingerprint density at radius 3 is 2.16 bits per heavy atom. The van der Waals surface area contributed by atoms with Crippen LogP contribution in [-0.4, -0.2) is 11.8 Å². The number of rotatable bonds is 3. The fourth-order valence-electron chi connectivity index (χ4n) is 2.68. The minimum Gasteiger partial charge on any atom is -0.350 e. The molecule has 128 valence electrons. The molecule has 0 aromatic heterocycles. The summed E-state index contributed by atoms with van der Waals surface area (Å²) in [6.45, 7) is 3.88. The number of carbonyl (C=O) groups is 2. The van der Waals surface area contributed by atoms with Crippen LogP contribution in [0.3, 0.4) is 0 Å². The highest BCUT2D eigenvalue weighted by molar-refractivity contribution is 6.54. The van der Waals surface area contributed by atoms with E-state index in [9.17, 15) is 9.59 Å². The fraction of sp³-hybridized carbons (Fsp3) is 0.111. The molecule has 1 aliphatic rings. The molecule has 1 N–H and O–H groups in total. The van der Waals surface area contributed by atoms with Gasteiger partial charge in [0.15, 0.2) is 0 Å². The molecule has 0 saturated heterocycles. The number of aryl methyl sites for hydroxylation is 2. The molecule has 3 rings (SSSR count). The van der Waals surface area contributed by atoms with E-state index < -0.39 is 11.8 Å². The van der Waals surface area contributed by atoms with E-state index in [1.54, 1.807) is 6.07 Å². The minimum atomic E-state index is -0.650. The van der Waals surface area contributed by atoms with Gasteiger partial charge < -0.3 is 5.32 Å². The average molecular weight is 396 g/mol. The molecule has 0 bridgehead atoms. The Balaban J connectivity index is 1.98. The first kappa shape index (κ1) is 17.8. The molecule has 2 amide bonds. The van der Waals surface area contributed by atoms with Crippen LogP contribution < -0.4 is 10.2 Å². The number of benzene rings is 2. The first-order chi connectivity index (χ1) is 11.8. The highest BCUT2D eigenvalue weighted by atomic mass is 35.5. The van der Waals surface area contributed by atoms with E-state index in [0.29, 0.717) is 10.7 Å². The molecule has 0 fully saturated rings. The van der Waals surface area contributed by atoms with Gasteiger partial charge in [-0.2, -0.15) is 0 Å². The topological polar surface area (TPSA) is 49.4 Å². The standard InChI is InChI=1S/C18H13Cl3N2O2/c1-9-5-10(2)7-12(6-9)22-16-15(21)17(24)23(18(16)25)14-8-11(19)3-4-13(14)20/h3-8,22H,1-2H3. The Morgan fingerprint density at radius 1 is 0.880 bits per heavy atom. The van der Waals surface area contributed by atoms with Crippen molar-refractivity contribution in [2.75, 3.05) is 10.2 Å². The normalized spacial score (nSPS) is 14.5. The van der Waals surface area contributed by atoms with Crippen LogP contribution in [0.4, 0.5) is 11.4 Å². The van der Waals surface area contributed by atoms with Crippen LogP contribution in [0.5, 0.6) is 0 Å². The van der Waals surface area contributed by atoms with E-state index in [4.69, 9.17) is 34.8 Å². The summed E-state index contributed by atoms with van der Waals surface area (Å²) in [4.78, 5) is 26.2. The van der Waals surface area contributed by atoms with Crippen LogP contribution in [0.25, 0.3) is 0 Å². The third-order valence-corrected chi connectivity index (χ3v) is 4.57. The highest BCUT2D eigenvalue weighted by Gasteiger charge is 2.39. The van der Waals surface area contributed by atoms with Crippen LogP contribution in [0, 0.1) is 13.8 Å². The van der Waals surface area contributed by atoms with E-state index in [1.165, 1.54) is 12.1 Å². The zero-order valence-electron chi connectivity index (χ0n) is 13.4. The molecule has 0 aliphatic carbocycles. The van der Waals surface area contributed by atoms with E-state index in [1.807, 2.05) is 32.0 Å². The van der Waals surface area contributed by atoms with Crippen molar-refractivity contribution < 1.29 is 9.59 Å². The van der Waals surface area contributed by atoms with Gasteiger partial charge in [-0.15, -0.1) is 0 Å². The Bertz CT molecular complexity index is 918. The Hall–Kier alpha value is -2.01. The molecule has 2 aromatic rings. The molecule has 0 atom stereocenters. The van der Waals surface area contributed by atoms with Crippen molar-refractivity contribution in [3.8, 4) is 0 Å². The molecule has 0 saturated carbocycles. The van der Waals surface area contributed by atoms with Crippen molar-refractivity contribution >= 4 is 58.0 Å². The average Bonchev–Trinajstić information content (AvgIpc) is 2.73. The Morgan fingerprint density at radius 2 is 1.52 bits per heavy atom. The summed E-state index contributed by atoms with van der Waals surface area (Å²) in [6.07, 6.45) is 0. The molecule has 7 heteroatoms. The van der Waals surface area contributed by atoms with Crippen LogP contribution in [-0.2, 0) is 9.59 Å². The minimum absolute atomic E-state index is 0.00714. The second-order valence-corrected chi connectivity index (χ2v) is 6.95. The summed E-state index contributed by atoms with van der Waals surface area (Å²) in [6, 6.07) is 10.3. The fourth-order valence-corrected chi connectivity index (χ4v) is 3.26. The number of amides is 2. The van der Waals surface area contributed by atoms with Gasteiger partial charge in [-0.05, 0) is 55.3 Å². The number of hydrogen-bond donors (Lipinski definition) is 1. The number of carbonyl (C=O) groups excluding carboxylic acids is 2. The number of imide groups is 1. The molecular formula is C18H13Cl3N2O2. The van der Waals surface area contributed by atoms with Gasteiger partial charge >= 0.3 is 0 Å². The smallest absolute Gasteiger partial charge is 0.283 e. The van der Waals surface area contributed by atoms with E-state index in [0.717, 1.165) is 16.0 Å². The van der Waals surface area contributed by atoms with Gasteiger partial charge in [0, 0.05) is 10.7 Å². The van der Waals surface area contributed by atoms with Crippen molar-refractivity contribution in [1.29, 1.82) is 0 Å². The molecule has 0 unspecified atom stereocenters. The van der Waals surface area contributed by atoms with E-state index in [2.05, 4.69) is 5.32 Å². The summed E-state index contributed by atoms with van der Waals surface area (Å²) in [5.41, 5.74) is 2.91. The summed E-state index contributed by atoms with van der Waals surface area (Å²) in [5, 5.41) is 3.33. The van der Waals surface area contributed by atoms with Crippen LogP contribution in [0.15, 0.2) is 47.1 Å². The molecule has 25 heavy (non-hydrogen) atoms. The van der Waals surface area contributed by atoms with Gasteiger partial charge in [0.25, 0.3) is 11.8 Å². The number of halogens is 3. The van der Waals surface area contributed by atoms with Crippen LogP contribution in [0.2, 0.25) is 10.0 Å². The summed E-state index contributed by atoms with van der Waals surface area (Å²) in [5.74, 6) is -1.24. The van der Waals surface area contributed by atoms with Crippen molar-refractivity contribution in [2.45, 2.75) is 13.8 Å². The maximum Gasteiger partial charge on any atom is 0.283 e. The molecule has 0 spiro atoms. The number of nitrogens with one attached hydrogen (secondary N) is 1. The molecule has 1 aliphatic heterocycles. The predicted octanol–water partition coefficient (Wildman–Crippen LogP) is 5.05. The first-order valence-corrected chi connectivity index (χ1v) is 8.50. The van der Waals surface area contributed by atoms with Crippen molar-refractivity contribution in [2.24, 2.45) is 0 Å². The van der Waals surface area contributed by atoms with Crippen molar-refractivity contribution in [1.82, 2.24) is 0 Å². The van der Waals surface area contributed by atoms with Gasteiger partial charge in [0.05, 0.1) is 10.7 Å². The monoisotopic (exact) mass is 394 g/mol. The van der Waals surface area contributed by atoms with Crippen molar-refractivity contribution in [3.05, 3.63) is 68.3 Å². The van der Waals surface area contributed by atoms with Gasteiger partial charge in [0.2, 0.25) is 0 Å². The summed E-state index contributed by atoms with van der Waals surface area (Å²) >= 11 is 18.2. The first-order valence-electron chi connectivity index (χ1n) is 7.37. The lowest BCUT2D eigenvalue weighted by Crippen LogP contribution is -2.32. The summed E-state index contributed by atoms with van der Waals surface area (Å²) < 4.78 is 0. The maximum atomic E-state index is 12.8. The van der Waals surface area contributed by atoms with Gasteiger partial charge in [-0.3, -0.25) is 9.59 Å². The molecule has 2 aromatic carbocycles. The zero-order valence-corrected chi connectivity index (χ0v) is 15.6. The molecule has 4 nitrogen and oxygen atoms in total. The Labute approximate surface area is 160 Å². The quantitative estimate of drug-likeness (QED) is 0.740. The van der Waals surface area contributed by atoms with Crippen LogP contribution in [0.1, 0.15) is 11.1 Å². The van der Waals surface area contributed by atoms with Crippen molar-refractivity contribution in [3.63, 3.8) is 0 Å². The second kappa shape index (κ2) is 6.71. The molecular weight excluding hydrogens is 383 g/mol. The number of nitrogens with zero attached hydrogens (tertiary/aromatic N) is 1. The maximum absolute atomic E-state index is 12.8. The van der Waals surface area contributed by atoms with Gasteiger partial charge in [-0.25, -0.2) is 4.90 Å². The lowest BCUT2D eigenvalue weighted by atomic mass is 10.1. The number of anilines is 2. The number of hydrogen-bond acceptors (Lipinski definition) is 3. The van der Waals surface area contributed by atoms with Crippen LogP contribution >= 0.6 is 34.8 Å². The lowest BCUT2D eigenvalue weighted by Gasteiger charge is -2.17. The highest BCUT2D eigenvalue weighted by Crippen LogP contribution is 2.35. The zero-order chi connectivity index (χ0) is 18.3. The molecule has 1 heterocycles. The summed E-state index contributed by atoms with van der Waals surface area (Å²) in [7, 11) is 0. The van der Waals surface area contributed by atoms with E-state index >= 15 is 0 Å². The van der Waals surface area contributed by atoms with Gasteiger partial charge in [-0.1, -0.05) is 40.9 Å². The Kier molecular flexibility index (Phi) is 4.78. The molecule has 0 radical (unpaired) electrons.